The zero-order chi connectivity index (χ0) is 41.9. The van der Waals surface area contributed by atoms with Crippen molar-refractivity contribution in [3.05, 3.63) is 168 Å². The van der Waals surface area contributed by atoms with Gasteiger partial charge in [-0.1, -0.05) is 133 Å². The largest absolute Gasteiger partial charge is 0.456 e. The fourth-order valence-corrected chi connectivity index (χ4v) is 5.83. The number of para-hydroxylation sites is 1. The molecule has 1 aromatic heterocycles. The number of fused-ring (bicyclic) bond motifs is 6. The van der Waals surface area contributed by atoms with Gasteiger partial charge in [0.1, 0.15) is 29.3 Å². The van der Waals surface area contributed by atoms with Gasteiger partial charge >= 0.3 is 0 Å². The van der Waals surface area contributed by atoms with Crippen LogP contribution in [0, 0.1) is 0 Å². The van der Waals surface area contributed by atoms with Gasteiger partial charge in [-0.15, -0.1) is 0 Å². The highest BCUT2D eigenvalue weighted by molar-refractivity contribution is 6.09. The summed E-state index contributed by atoms with van der Waals surface area (Å²) >= 11 is 0. The number of furan rings is 1. The van der Waals surface area contributed by atoms with Crippen LogP contribution < -0.4 is 10.6 Å². The Balaban J connectivity index is 1.27. The van der Waals surface area contributed by atoms with Crippen molar-refractivity contribution >= 4 is 49.3 Å². The minimum Gasteiger partial charge on any atom is -0.456 e. The first kappa shape index (κ1) is 15.3. The third kappa shape index (κ3) is 4.46. The van der Waals surface area contributed by atoms with Crippen molar-refractivity contribution in [2.24, 2.45) is 4.99 Å². The predicted octanol–water partition coefficient (Wildman–Crippen LogP) is 9.90. The summed E-state index contributed by atoms with van der Waals surface area (Å²) in [6.45, 7) is 0. The Morgan fingerprint density at radius 3 is 2.29 bits per heavy atom. The van der Waals surface area contributed by atoms with E-state index >= 15 is 0 Å². The van der Waals surface area contributed by atoms with Gasteiger partial charge in [0.2, 0.25) is 0 Å². The average molecular weight is 594 g/mol. The summed E-state index contributed by atoms with van der Waals surface area (Å²) < 4.78 is 128. The van der Waals surface area contributed by atoms with Crippen LogP contribution in [0.25, 0.3) is 54.6 Å². The van der Waals surface area contributed by atoms with Gasteiger partial charge in [0.25, 0.3) is 0 Å². The van der Waals surface area contributed by atoms with Gasteiger partial charge < -0.3 is 9.73 Å². The molecule has 4 nitrogen and oxygen atoms in total. The Kier molecular flexibility index (Phi) is 3.57. The average Bonchev–Trinajstić information content (AvgIpc) is 3.60. The summed E-state index contributed by atoms with van der Waals surface area (Å²) in [5.74, 6) is -0.288. The molecule has 2 heterocycles. The van der Waals surface area contributed by atoms with Crippen LogP contribution in [0.15, 0.2) is 161 Å². The molecule has 0 saturated heterocycles. The lowest BCUT2D eigenvalue weighted by molar-refractivity contribution is 0.410. The van der Waals surface area contributed by atoms with Crippen molar-refractivity contribution in [1.82, 2.24) is 10.6 Å². The minimum absolute atomic E-state index is 0.0258. The lowest BCUT2D eigenvalue weighted by Crippen LogP contribution is -2.45. The van der Waals surface area contributed by atoms with Gasteiger partial charge in [0.15, 0.2) is 0 Å². The Bertz CT molecular complexity index is 3140. The number of aliphatic imine (C=N–C) groups is 1. The molecule has 45 heavy (non-hydrogen) atoms. The van der Waals surface area contributed by atoms with E-state index in [9.17, 15) is 5.48 Å². The fraction of sp³-hybridized carbons (Fsp3) is 0.0488. The molecule has 1 aliphatic heterocycles. The second kappa shape index (κ2) is 10.5. The van der Waals surface area contributed by atoms with Crippen LogP contribution in [0.5, 0.6) is 0 Å². The molecule has 9 rings (SSSR count). The van der Waals surface area contributed by atoms with Crippen molar-refractivity contribution < 1.29 is 23.6 Å². The van der Waals surface area contributed by atoms with E-state index in [1.807, 2.05) is 48.5 Å². The van der Waals surface area contributed by atoms with Crippen LogP contribution in [0.3, 0.4) is 0 Å². The molecule has 0 fully saturated rings. The lowest BCUT2D eigenvalue weighted by atomic mass is 9.96. The van der Waals surface area contributed by atoms with E-state index in [0.29, 0.717) is 5.56 Å². The smallest absolute Gasteiger partial charge is 0.135 e. The van der Waals surface area contributed by atoms with E-state index < -0.39 is 66.7 Å². The molecule has 4 heteroatoms. The molecule has 0 amide bonds. The van der Waals surface area contributed by atoms with Gasteiger partial charge in [-0.05, 0) is 56.4 Å². The minimum atomic E-state index is -1.40. The molecule has 8 aromatic rings. The highest BCUT2D eigenvalue weighted by atomic mass is 16.3. The Morgan fingerprint density at radius 1 is 0.600 bits per heavy atom. The zero-order valence-electron chi connectivity index (χ0n) is 37.4. The van der Waals surface area contributed by atoms with Crippen LogP contribution in [0.1, 0.15) is 48.2 Å². The molecule has 0 bridgehead atoms. The standard InChI is InChI=1S/C41H29N3O/c1-2-10-29(11-3-1)39-42-40(44-41(43-39)34-14-8-16-37-38(34)33-13-6-7-15-36(33)45-37)30-22-17-26(18-23-30)31-24-21-28-20-19-27-9-4-5-12-32(27)35(28)25-31/h1-25,40-41,44H,(H,42,43)/i1D,2D,3D,6D,7D,10D,11D,14D,15D,16D,17D,18D,22D,23D. The molecular formula is C41H29N3O. The topological polar surface area (TPSA) is 49.6 Å². The van der Waals surface area contributed by atoms with E-state index in [1.165, 1.54) is 12.1 Å². The number of benzene rings is 7. The highest BCUT2D eigenvalue weighted by Crippen LogP contribution is 2.37. The highest BCUT2D eigenvalue weighted by Gasteiger charge is 2.27. The third-order valence-electron chi connectivity index (χ3n) is 7.95. The van der Waals surface area contributed by atoms with Crippen molar-refractivity contribution in [2.75, 3.05) is 0 Å². The van der Waals surface area contributed by atoms with Crippen LogP contribution in [0.4, 0.5) is 0 Å². The van der Waals surface area contributed by atoms with Crippen LogP contribution in [-0.2, 0) is 0 Å². The van der Waals surface area contributed by atoms with Gasteiger partial charge in [-0.25, -0.2) is 4.99 Å². The van der Waals surface area contributed by atoms with Crippen LogP contribution in [0.2, 0.25) is 0 Å². The number of hydrogen-bond acceptors (Lipinski definition) is 4. The van der Waals surface area contributed by atoms with Gasteiger partial charge in [0, 0.05) is 21.9 Å². The maximum Gasteiger partial charge on any atom is 0.135 e. The first-order valence-corrected chi connectivity index (χ1v) is 14.2. The summed E-state index contributed by atoms with van der Waals surface area (Å²) in [5, 5.41) is 10.1. The maximum absolute atomic E-state index is 9.32. The quantitative estimate of drug-likeness (QED) is 0.200. The molecule has 2 unspecified atom stereocenters. The number of nitrogens with one attached hydrogen (secondary N) is 2. The molecule has 7 aromatic carbocycles. The van der Waals surface area contributed by atoms with Gasteiger partial charge in [0.05, 0.1) is 19.2 Å². The van der Waals surface area contributed by atoms with Crippen molar-refractivity contribution in [3.63, 3.8) is 0 Å². The summed E-state index contributed by atoms with van der Waals surface area (Å²) in [5.41, 5.74) is -0.238. The molecule has 2 atom stereocenters. The first-order chi connectivity index (χ1) is 28.1. The van der Waals surface area contributed by atoms with E-state index in [1.54, 1.807) is 6.07 Å². The van der Waals surface area contributed by atoms with E-state index in [4.69, 9.17) is 23.1 Å². The molecule has 2 N–H and O–H groups in total. The second-order valence-electron chi connectivity index (χ2n) is 10.6. The van der Waals surface area contributed by atoms with Crippen molar-refractivity contribution in [2.45, 2.75) is 12.3 Å². The first-order valence-electron chi connectivity index (χ1n) is 21.2. The summed E-state index contributed by atoms with van der Waals surface area (Å²) in [7, 11) is 0. The van der Waals surface area contributed by atoms with Crippen LogP contribution in [-0.4, -0.2) is 5.84 Å². The van der Waals surface area contributed by atoms with Crippen LogP contribution >= 0.6 is 0 Å². The van der Waals surface area contributed by atoms with Gasteiger partial charge in [-0.3, -0.25) is 5.32 Å². The lowest BCUT2D eigenvalue weighted by Gasteiger charge is -2.32. The molecule has 0 saturated carbocycles. The predicted molar refractivity (Wildman–Crippen MR) is 185 cm³/mol. The summed E-state index contributed by atoms with van der Waals surface area (Å²) in [6.07, 6.45) is -2.80. The Labute approximate surface area is 280 Å². The van der Waals surface area contributed by atoms with E-state index in [2.05, 4.69) is 10.6 Å². The molecule has 1 aliphatic rings. The van der Waals surface area contributed by atoms with E-state index in [0.717, 1.165) is 21.5 Å². The number of amidine groups is 1. The van der Waals surface area contributed by atoms with Gasteiger partial charge in [-0.2, -0.15) is 0 Å². The zero-order valence-corrected chi connectivity index (χ0v) is 23.4. The fourth-order valence-electron chi connectivity index (χ4n) is 5.83. The summed E-state index contributed by atoms with van der Waals surface area (Å²) in [4.78, 5) is 4.70. The molecule has 0 aliphatic carbocycles. The summed E-state index contributed by atoms with van der Waals surface area (Å²) in [6, 6.07) is 13.1. The van der Waals surface area contributed by atoms with Crippen molar-refractivity contribution in [3.8, 4) is 11.1 Å². The van der Waals surface area contributed by atoms with E-state index in [-0.39, 0.29) is 80.2 Å². The molecule has 0 spiro atoms. The normalized spacial score (nSPS) is 21.0. The maximum atomic E-state index is 9.32. The SMILES string of the molecule is [2H]c1cc2c(oc3c([2H])cc([2H])c(C4N=C(c5c([2H])c([2H])c([2H])c([2H])c5[2H])NC(c5c([2H])c([2H])c(-c6ccc7ccc8ccccc8c7c6)c([2H])c5[2H])N4)c32)c([2H])c1[2H]. The molecular weight excluding hydrogens is 550 g/mol. The molecule has 214 valence electrons. The Hall–Kier alpha value is -5.71. The molecule has 0 radical (unpaired) electrons. The monoisotopic (exact) mass is 593 g/mol. The Morgan fingerprint density at radius 2 is 1.40 bits per heavy atom. The number of hydrogen-bond donors (Lipinski definition) is 2. The number of nitrogens with zero attached hydrogens (tertiary/aromatic N) is 1. The van der Waals surface area contributed by atoms with Crippen molar-refractivity contribution in [1.29, 1.82) is 0 Å². The second-order valence-corrected chi connectivity index (χ2v) is 10.6. The third-order valence-corrected chi connectivity index (χ3v) is 7.95. The number of rotatable bonds is 4.